The van der Waals surface area contributed by atoms with Crippen LogP contribution in [0.15, 0.2) is 18.2 Å². The van der Waals surface area contributed by atoms with Crippen LogP contribution >= 0.6 is 0 Å². The Kier molecular flexibility index (Phi) is 5.25. The van der Waals surface area contributed by atoms with E-state index in [2.05, 4.69) is 5.32 Å². The molecule has 0 aliphatic carbocycles. The summed E-state index contributed by atoms with van der Waals surface area (Å²) in [5, 5.41) is 13.8. The van der Waals surface area contributed by atoms with Gasteiger partial charge in [-0.3, -0.25) is 14.9 Å². The van der Waals surface area contributed by atoms with Crippen LogP contribution in [0.2, 0.25) is 0 Å². The average Bonchev–Trinajstić information content (AvgIpc) is 2.36. The largest absolute Gasteiger partial charge is 0.377 e. The molecule has 0 saturated heterocycles. The molecule has 1 aromatic rings. The molecule has 1 atom stereocenters. The maximum Gasteiger partial charge on any atom is 0.292 e. The van der Waals surface area contributed by atoms with Gasteiger partial charge in [0.2, 0.25) is 5.91 Å². The van der Waals surface area contributed by atoms with E-state index in [9.17, 15) is 14.9 Å². The number of amides is 1. The summed E-state index contributed by atoms with van der Waals surface area (Å²) >= 11 is 0. The Bertz CT molecular complexity index is 476. The number of nitrogens with one attached hydrogen (secondary N) is 1. The molecule has 0 radical (unpaired) electrons. The zero-order valence-electron chi connectivity index (χ0n) is 10.9. The van der Waals surface area contributed by atoms with Crippen molar-refractivity contribution in [1.29, 1.82) is 0 Å². The van der Waals surface area contributed by atoms with Crippen LogP contribution in [0, 0.1) is 10.1 Å². The van der Waals surface area contributed by atoms with Gasteiger partial charge in [0.1, 0.15) is 5.69 Å². The number of hydrogen-bond acceptors (Lipinski definition) is 5. The van der Waals surface area contributed by atoms with Gasteiger partial charge >= 0.3 is 0 Å². The second kappa shape index (κ2) is 6.69. The second-order valence-electron chi connectivity index (χ2n) is 4.00. The molecule has 3 N–H and O–H groups in total. The lowest BCUT2D eigenvalue weighted by molar-refractivity contribution is -0.384. The van der Waals surface area contributed by atoms with Crippen LogP contribution in [0.1, 0.15) is 24.2 Å². The fourth-order valence-electron chi connectivity index (χ4n) is 1.59. The zero-order chi connectivity index (χ0) is 14.4. The Morgan fingerprint density at radius 3 is 2.79 bits per heavy atom. The highest BCUT2D eigenvalue weighted by Crippen LogP contribution is 2.25. The minimum atomic E-state index is -0.629. The predicted molar refractivity (Wildman–Crippen MR) is 71.2 cm³/mol. The Morgan fingerprint density at radius 2 is 2.26 bits per heavy atom. The van der Waals surface area contributed by atoms with E-state index < -0.39 is 10.8 Å². The van der Waals surface area contributed by atoms with Crippen molar-refractivity contribution in [3.8, 4) is 0 Å². The molecule has 7 nitrogen and oxygen atoms in total. The van der Waals surface area contributed by atoms with Crippen molar-refractivity contribution in [2.24, 2.45) is 5.73 Å². The number of ether oxygens (including phenoxy) is 1. The minimum Gasteiger partial charge on any atom is -0.377 e. The highest BCUT2D eigenvalue weighted by Gasteiger charge is 2.16. The molecule has 7 heteroatoms. The van der Waals surface area contributed by atoms with Crippen molar-refractivity contribution < 1.29 is 14.5 Å². The van der Waals surface area contributed by atoms with Gasteiger partial charge in [0.15, 0.2) is 0 Å². The van der Waals surface area contributed by atoms with Crippen molar-refractivity contribution >= 4 is 17.3 Å². The molecule has 104 valence electrons. The van der Waals surface area contributed by atoms with Crippen LogP contribution in [0.25, 0.3) is 0 Å². The smallest absolute Gasteiger partial charge is 0.292 e. The van der Waals surface area contributed by atoms with Crippen molar-refractivity contribution in [3.05, 3.63) is 33.9 Å². The lowest BCUT2D eigenvalue weighted by Gasteiger charge is -2.14. The SMILES string of the molecule is CCOC(C)CNc1cc(C(N)=O)ccc1[N+](=O)[O-]. The fraction of sp³-hybridized carbons (Fsp3) is 0.417. The Hall–Kier alpha value is -2.15. The summed E-state index contributed by atoms with van der Waals surface area (Å²) < 4.78 is 5.32. The van der Waals surface area contributed by atoms with E-state index in [0.717, 1.165) is 0 Å². The van der Waals surface area contributed by atoms with E-state index >= 15 is 0 Å². The molecular formula is C12H17N3O4. The van der Waals surface area contributed by atoms with Crippen LogP contribution in [-0.4, -0.2) is 30.1 Å². The first-order valence-corrected chi connectivity index (χ1v) is 5.89. The summed E-state index contributed by atoms with van der Waals surface area (Å²) in [6.45, 7) is 4.68. The molecule has 0 bridgehead atoms. The quantitative estimate of drug-likeness (QED) is 0.575. The number of nitrogens with two attached hydrogens (primary N) is 1. The van der Waals surface area contributed by atoms with Crippen molar-refractivity contribution in [3.63, 3.8) is 0 Å². The van der Waals surface area contributed by atoms with Gasteiger partial charge in [-0.15, -0.1) is 0 Å². The standard InChI is InChI=1S/C12H17N3O4/c1-3-19-8(2)7-14-10-6-9(12(13)16)4-5-11(10)15(17)18/h4-6,8,14H,3,7H2,1-2H3,(H2,13,16). The van der Waals surface area contributed by atoms with Crippen LogP contribution in [0.3, 0.4) is 0 Å². The third-order valence-electron chi connectivity index (χ3n) is 2.51. The Labute approximate surface area is 110 Å². The third kappa shape index (κ3) is 4.22. The first kappa shape index (κ1) is 14.9. The number of rotatable bonds is 7. The predicted octanol–water partition coefficient (Wildman–Crippen LogP) is 1.53. The van der Waals surface area contributed by atoms with Crippen LogP contribution in [0.5, 0.6) is 0 Å². The van der Waals surface area contributed by atoms with E-state index in [0.29, 0.717) is 13.2 Å². The number of hydrogen-bond donors (Lipinski definition) is 2. The van der Waals surface area contributed by atoms with E-state index in [1.165, 1.54) is 18.2 Å². The number of nitro benzene ring substituents is 1. The molecule has 1 amide bonds. The third-order valence-corrected chi connectivity index (χ3v) is 2.51. The van der Waals surface area contributed by atoms with E-state index in [4.69, 9.17) is 10.5 Å². The van der Waals surface area contributed by atoms with Crippen molar-refractivity contribution in [2.75, 3.05) is 18.5 Å². The van der Waals surface area contributed by atoms with Crippen molar-refractivity contribution in [2.45, 2.75) is 20.0 Å². The van der Waals surface area contributed by atoms with Crippen LogP contribution in [0.4, 0.5) is 11.4 Å². The number of primary amides is 1. The number of carbonyl (C=O) groups excluding carboxylic acids is 1. The van der Waals surface area contributed by atoms with Crippen LogP contribution in [-0.2, 0) is 4.74 Å². The van der Waals surface area contributed by atoms with Gasteiger partial charge in [-0.1, -0.05) is 0 Å². The monoisotopic (exact) mass is 267 g/mol. The molecule has 1 aromatic carbocycles. The van der Waals surface area contributed by atoms with Gasteiger partial charge in [0.25, 0.3) is 5.69 Å². The van der Waals surface area contributed by atoms with Gasteiger partial charge in [0.05, 0.1) is 11.0 Å². The molecule has 0 aromatic heterocycles. The maximum atomic E-state index is 11.1. The number of nitro groups is 1. The molecule has 0 aliphatic rings. The molecule has 19 heavy (non-hydrogen) atoms. The molecule has 0 heterocycles. The lowest BCUT2D eigenvalue weighted by Crippen LogP contribution is -2.20. The highest BCUT2D eigenvalue weighted by atomic mass is 16.6. The average molecular weight is 267 g/mol. The van der Waals surface area contributed by atoms with Crippen LogP contribution < -0.4 is 11.1 Å². The molecular weight excluding hydrogens is 250 g/mol. The first-order chi connectivity index (χ1) is 8.95. The molecule has 0 fully saturated rings. The van der Waals surface area contributed by atoms with Gasteiger partial charge in [-0.2, -0.15) is 0 Å². The molecule has 0 aliphatic heterocycles. The Morgan fingerprint density at radius 1 is 1.58 bits per heavy atom. The highest BCUT2D eigenvalue weighted by molar-refractivity contribution is 5.94. The lowest BCUT2D eigenvalue weighted by atomic mass is 10.1. The summed E-state index contributed by atoms with van der Waals surface area (Å²) in [6.07, 6.45) is -0.0955. The van der Waals surface area contributed by atoms with Crippen molar-refractivity contribution in [1.82, 2.24) is 0 Å². The van der Waals surface area contributed by atoms with Gasteiger partial charge < -0.3 is 15.8 Å². The summed E-state index contributed by atoms with van der Waals surface area (Å²) in [5.74, 6) is -0.629. The van der Waals surface area contributed by atoms with Gasteiger partial charge in [0, 0.05) is 24.8 Å². The molecule has 1 rings (SSSR count). The molecule has 0 spiro atoms. The summed E-state index contributed by atoms with van der Waals surface area (Å²) in [7, 11) is 0. The minimum absolute atomic E-state index is 0.0955. The normalized spacial score (nSPS) is 11.9. The van der Waals surface area contributed by atoms with Gasteiger partial charge in [-0.05, 0) is 26.0 Å². The van der Waals surface area contributed by atoms with Gasteiger partial charge in [-0.25, -0.2) is 0 Å². The zero-order valence-corrected chi connectivity index (χ0v) is 10.9. The topological polar surface area (TPSA) is 107 Å². The fourth-order valence-corrected chi connectivity index (χ4v) is 1.59. The maximum absolute atomic E-state index is 11.1. The molecule has 0 saturated carbocycles. The van der Waals surface area contributed by atoms with E-state index in [1.807, 2.05) is 13.8 Å². The summed E-state index contributed by atoms with van der Waals surface area (Å²) in [4.78, 5) is 21.5. The molecule has 1 unspecified atom stereocenters. The first-order valence-electron chi connectivity index (χ1n) is 5.89. The second-order valence-corrected chi connectivity index (χ2v) is 4.00. The van der Waals surface area contributed by atoms with E-state index in [1.54, 1.807) is 0 Å². The van der Waals surface area contributed by atoms with E-state index in [-0.39, 0.29) is 23.0 Å². The summed E-state index contributed by atoms with van der Waals surface area (Å²) in [5.41, 5.74) is 5.53. The summed E-state index contributed by atoms with van der Waals surface area (Å²) in [6, 6.07) is 3.96. The Balaban J connectivity index is 2.91. The number of benzene rings is 1. The number of anilines is 1. The number of nitrogens with zero attached hydrogens (tertiary/aromatic N) is 1. The number of carbonyl (C=O) groups is 1.